The van der Waals surface area contributed by atoms with Crippen LogP contribution in [-0.2, 0) is 11.2 Å². The molecule has 0 aliphatic rings. The summed E-state index contributed by atoms with van der Waals surface area (Å²) < 4.78 is 5.31. The number of aromatic nitrogens is 1. The van der Waals surface area contributed by atoms with E-state index in [9.17, 15) is 4.79 Å². The number of carbonyl (C=O) groups excluding carboxylic acids is 1. The van der Waals surface area contributed by atoms with E-state index in [0.29, 0.717) is 18.7 Å². The summed E-state index contributed by atoms with van der Waals surface area (Å²) in [5.74, 6) is 1.47. The van der Waals surface area contributed by atoms with Gasteiger partial charge < -0.3 is 10.2 Å². The number of nitrogens with zero attached hydrogens (tertiary/aromatic N) is 1. The van der Waals surface area contributed by atoms with Gasteiger partial charge >= 0.3 is 0 Å². The van der Waals surface area contributed by atoms with E-state index in [2.05, 4.69) is 4.98 Å². The molecular formula is C9H14N2O2. The molecule has 0 unspecified atom stereocenters. The lowest BCUT2D eigenvalue weighted by molar-refractivity contribution is -0.117. The van der Waals surface area contributed by atoms with Crippen molar-refractivity contribution < 1.29 is 9.21 Å². The van der Waals surface area contributed by atoms with Gasteiger partial charge in [-0.15, -0.1) is 0 Å². The van der Waals surface area contributed by atoms with Crippen LogP contribution in [0.4, 0.5) is 0 Å². The van der Waals surface area contributed by atoms with Crippen LogP contribution in [0.15, 0.2) is 4.42 Å². The van der Waals surface area contributed by atoms with Gasteiger partial charge in [-0.3, -0.25) is 4.79 Å². The van der Waals surface area contributed by atoms with Crippen molar-refractivity contribution in [1.29, 1.82) is 0 Å². The van der Waals surface area contributed by atoms with Crippen molar-refractivity contribution in [2.45, 2.75) is 26.7 Å². The van der Waals surface area contributed by atoms with Gasteiger partial charge in [-0.1, -0.05) is 0 Å². The fourth-order valence-electron chi connectivity index (χ4n) is 0.995. The van der Waals surface area contributed by atoms with E-state index in [4.69, 9.17) is 10.2 Å². The zero-order valence-electron chi connectivity index (χ0n) is 7.96. The predicted octanol–water partition coefficient (Wildman–Crippen LogP) is 0.752. The number of aryl methyl sites for hydroxylation is 3. The van der Waals surface area contributed by atoms with Crippen LogP contribution in [-0.4, -0.2) is 17.3 Å². The number of ketones is 1. The second-order valence-electron chi connectivity index (χ2n) is 2.99. The molecule has 1 aromatic rings. The topological polar surface area (TPSA) is 69.1 Å². The van der Waals surface area contributed by atoms with Gasteiger partial charge in [0.2, 0.25) is 0 Å². The molecule has 13 heavy (non-hydrogen) atoms. The number of carbonyl (C=O) groups is 1. The summed E-state index contributed by atoms with van der Waals surface area (Å²) in [6.07, 6.45) is 0.959. The summed E-state index contributed by atoms with van der Waals surface area (Å²) in [5.41, 5.74) is 6.06. The molecule has 0 bridgehead atoms. The summed E-state index contributed by atoms with van der Waals surface area (Å²) >= 11 is 0. The quantitative estimate of drug-likeness (QED) is 0.746. The van der Waals surface area contributed by atoms with Crippen LogP contribution < -0.4 is 5.73 Å². The maximum absolute atomic E-state index is 10.9. The van der Waals surface area contributed by atoms with E-state index in [0.717, 1.165) is 11.5 Å². The summed E-state index contributed by atoms with van der Waals surface area (Å²) in [4.78, 5) is 15.0. The molecule has 0 amide bonds. The fraction of sp³-hybridized carbons (Fsp3) is 0.556. The van der Waals surface area contributed by atoms with E-state index >= 15 is 0 Å². The van der Waals surface area contributed by atoms with Gasteiger partial charge in [-0.2, -0.15) is 0 Å². The first-order chi connectivity index (χ1) is 6.13. The minimum Gasteiger partial charge on any atom is -0.446 e. The molecule has 0 radical (unpaired) electrons. The highest BCUT2D eigenvalue weighted by atomic mass is 16.4. The lowest BCUT2D eigenvalue weighted by atomic mass is 10.2. The number of hydrogen-bond acceptors (Lipinski definition) is 4. The average molecular weight is 182 g/mol. The third-order valence-electron chi connectivity index (χ3n) is 1.92. The Morgan fingerprint density at radius 3 is 2.69 bits per heavy atom. The second-order valence-corrected chi connectivity index (χ2v) is 2.99. The molecule has 0 fully saturated rings. The molecule has 0 spiro atoms. The van der Waals surface area contributed by atoms with Crippen LogP contribution in [0, 0.1) is 13.8 Å². The molecule has 2 N–H and O–H groups in total. The van der Waals surface area contributed by atoms with Crippen LogP contribution >= 0.6 is 0 Å². The highest BCUT2D eigenvalue weighted by molar-refractivity contribution is 5.80. The summed E-state index contributed by atoms with van der Waals surface area (Å²) in [6.45, 7) is 3.84. The average Bonchev–Trinajstić information content (AvgIpc) is 2.42. The number of rotatable bonds is 4. The summed E-state index contributed by atoms with van der Waals surface area (Å²) in [6, 6.07) is 0. The van der Waals surface area contributed by atoms with Crippen molar-refractivity contribution in [3.8, 4) is 0 Å². The first-order valence-electron chi connectivity index (χ1n) is 4.28. The molecule has 0 saturated carbocycles. The summed E-state index contributed by atoms with van der Waals surface area (Å²) in [5, 5.41) is 0. The van der Waals surface area contributed by atoms with Gasteiger partial charge in [0.25, 0.3) is 0 Å². The van der Waals surface area contributed by atoms with Crippen molar-refractivity contribution in [2.75, 3.05) is 6.54 Å². The molecule has 4 heteroatoms. The molecule has 1 rings (SSSR count). The van der Waals surface area contributed by atoms with E-state index < -0.39 is 0 Å². The Bertz CT molecular complexity index is 285. The van der Waals surface area contributed by atoms with Crippen molar-refractivity contribution in [3.05, 3.63) is 17.3 Å². The van der Waals surface area contributed by atoms with Crippen molar-refractivity contribution in [2.24, 2.45) is 5.73 Å². The van der Waals surface area contributed by atoms with Crippen molar-refractivity contribution >= 4 is 5.78 Å². The SMILES string of the molecule is Cc1nc(CCC(=O)CN)oc1C. The Morgan fingerprint density at radius 1 is 1.54 bits per heavy atom. The van der Waals surface area contributed by atoms with Gasteiger partial charge in [0.15, 0.2) is 5.89 Å². The zero-order valence-corrected chi connectivity index (χ0v) is 7.96. The third kappa shape index (κ3) is 2.66. The maximum Gasteiger partial charge on any atom is 0.195 e. The lowest BCUT2D eigenvalue weighted by Crippen LogP contribution is -2.13. The van der Waals surface area contributed by atoms with Crippen LogP contribution in [0.1, 0.15) is 23.8 Å². The molecule has 1 aromatic heterocycles. The number of nitrogens with two attached hydrogens (primary N) is 1. The van der Waals surface area contributed by atoms with E-state index in [1.54, 1.807) is 0 Å². The highest BCUT2D eigenvalue weighted by Gasteiger charge is 2.07. The molecule has 0 aliphatic carbocycles. The number of hydrogen-bond donors (Lipinski definition) is 1. The zero-order chi connectivity index (χ0) is 9.84. The van der Waals surface area contributed by atoms with E-state index in [1.807, 2.05) is 13.8 Å². The Morgan fingerprint density at radius 2 is 2.23 bits per heavy atom. The summed E-state index contributed by atoms with van der Waals surface area (Å²) in [7, 11) is 0. The van der Waals surface area contributed by atoms with Crippen molar-refractivity contribution in [1.82, 2.24) is 4.98 Å². The standard InChI is InChI=1S/C9H14N2O2/c1-6-7(2)13-9(11-6)4-3-8(12)5-10/h3-5,10H2,1-2H3. The van der Waals surface area contributed by atoms with Gasteiger partial charge in [0, 0.05) is 12.8 Å². The van der Waals surface area contributed by atoms with Gasteiger partial charge in [-0.25, -0.2) is 4.98 Å². The minimum atomic E-state index is 0.0357. The van der Waals surface area contributed by atoms with Gasteiger partial charge in [-0.05, 0) is 13.8 Å². The number of oxazole rings is 1. The monoisotopic (exact) mass is 182 g/mol. The first-order valence-corrected chi connectivity index (χ1v) is 4.28. The molecule has 0 aliphatic heterocycles. The molecule has 0 atom stereocenters. The van der Waals surface area contributed by atoms with Gasteiger partial charge in [0.1, 0.15) is 11.5 Å². The molecule has 0 saturated heterocycles. The largest absolute Gasteiger partial charge is 0.446 e. The highest BCUT2D eigenvalue weighted by Crippen LogP contribution is 2.09. The third-order valence-corrected chi connectivity index (χ3v) is 1.92. The lowest BCUT2D eigenvalue weighted by Gasteiger charge is -1.92. The predicted molar refractivity (Wildman–Crippen MR) is 48.4 cm³/mol. The molecule has 4 nitrogen and oxygen atoms in total. The molecule has 1 heterocycles. The Kier molecular flexibility index (Phi) is 3.19. The Hall–Kier alpha value is -1.16. The smallest absolute Gasteiger partial charge is 0.195 e. The number of Topliss-reactive ketones (excluding diaryl/α,β-unsaturated/α-hetero) is 1. The molecule has 72 valence electrons. The molecule has 0 aromatic carbocycles. The van der Waals surface area contributed by atoms with E-state index in [1.165, 1.54) is 0 Å². The van der Waals surface area contributed by atoms with Crippen LogP contribution in [0.5, 0.6) is 0 Å². The van der Waals surface area contributed by atoms with E-state index in [-0.39, 0.29) is 12.3 Å². The fourth-order valence-corrected chi connectivity index (χ4v) is 0.995. The van der Waals surface area contributed by atoms with Crippen molar-refractivity contribution in [3.63, 3.8) is 0 Å². The van der Waals surface area contributed by atoms with Gasteiger partial charge in [0.05, 0.1) is 12.2 Å². The van der Waals surface area contributed by atoms with Crippen LogP contribution in [0.25, 0.3) is 0 Å². The first kappa shape index (κ1) is 9.92. The second kappa shape index (κ2) is 4.18. The van der Waals surface area contributed by atoms with Crippen LogP contribution in [0.3, 0.4) is 0 Å². The maximum atomic E-state index is 10.9. The normalized spacial score (nSPS) is 10.4. The molecular weight excluding hydrogens is 168 g/mol. The minimum absolute atomic E-state index is 0.0357. The Labute approximate surface area is 77.1 Å². The Balaban J connectivity index is 2.50. The van der Waals surface area contributed by atoms with Crippen LogP contribution in [0.2, 0.25) is 0 Å².